The second-order valence-corrected chi connectivity index (χ2v) is 3.85. The minimum absolute atomic E-state index is 0.0857. The molecule has 0 saturated heterocycles. The van der Waals surface area contributed by atoms with Crippen LogP contribution in [0.4, 0.5) is 4.39 Å². The molecule has 15 heavy (non-hydrogen) atoms. The van der Waals surface area contributed by atoms with Crippen LogP contribution in [0, 0.1) is 23.1 Å². The highest BCUT2D eigenvalue weighted by Crippen LogP contribution is 2.29. The van der Waals surface area contributed by atoms with Crippen LogP contribution in [0.5, 0.6) is 0 Å². The van der Waals surface area contributed by atoms with Crippen molar-refractivity contribution in [3.8, 4) is 6.07 Å². The average Bonchev–Trinajstić information content (AvgIpc) is 3.04. The molecule has 2 nitrogen and oxygen atoms in total. The lowest BCUT2D eigenvalue weighted by Gasteiger charge is -2.05. The molecule has 0 unspecified atom stereocenters. The summed E-state index contributed by atoms with van der Waals surface area (Å²) in [5.41, 5.74) is 0.553. The zero-order chi connectivity index (χ0) is 10.7. The zero-order valence-corrected chi connectivity index (χ0v) is 8.37. The van der Waals surface area contributed by atoms with Crippen LogP contribution in [0.2, 0.25) is 0 Å². The second-order valence-electron chi connectivity index (χ2n) is 3.85. The molecular formula is C12H12FNO. The summed E-state index contributed by atoms with van der Waals surface area (Å²) in [7, 11) is 0. The van der Waals surface area contributed by atoms with Crippen LogP contribution < -0.4 is 0 Å². The van der Waals surface area contributed by atoms with Gasteiger partial charge in [0.2, 0.25) is 0 Å². The molecule has 0 aromatic heterocycles. The first-order valence-corrected chi connectivity index (χ1v) is 5.06. The Morgan fingerprint density at radius 2 is 2.27 bits per heavy atom. The van der Waals surface area contributed by atoms with Crippen LogP contribution >= 0.6 is 0 Å². The zero-order valence-electron chi connectivity index (χ0n) is 8.37. The van der Waals surface area contributed by atoms with Crippen LogP contribution in [0.3, 0.4) is 0 Å². The molecule has 0 bridgehead atoms. The van der Waals surface area contributed by atoms with Crippen molar-refractivity contribution < 1.29 is 9.13 Å². The number of nitrogens with zero attached hydrogens (tertiary/aromatic N) is 1. The molecule has 0 heterocycles. The Kier molecular flexibility index (Phi) is 2.98. The highest BCUT2D eigenvalue weighted by atomic mass is 19.1. The maximum atomic E-state index is 13.5. The third-order valence-electron chi connectivity index (χ3n) is 2.51. The van der Waals surface area contributed by atoms with Crippen LogP contribution in [0.15, 0.2) is 18.2 Å². The lowest BCUT2D eigenvalue weighted by atomic mass is 10.1. The number of hydrogen-bond acceptors (Lipinski definition) is 2. The molecule has 0 spiro atoms. The van der Waals surface area contributed by atoms with Gasteiger partial charge in [-0.05, 0) is 24.8 Å². The number of hydrogen-bond donors (Lipinski definition) is 0. The molecule has 0 N–H and O–H groups in total. The summed E-state index contributed by atoms with van der Waals surface area (Å²) in [6, 6.07) is 6.62. The van der Waals surface area contributed by atoms with E-state index in [0.29, 0.717) is 18.1 Å². The molecule has 0 radical (unpaired) electrons. The summed E-state index contributed by atoms with van der Waals surface area (Å²) in [4.78, 5) is 0. The Morgan fingerprint density at radius 1 is 1.47 bits per heavy atom. The van der Waals surface area contributed by atoms with Crippen molar-refractivity contribution in [1.82, 2.24) is 0 Å². The van der Waals surface area contributed by atoms with Crippen molar-refractivity contribution in [3.63, 3.8) is 0 Å². The van der Waals surface area contributed by atoms with E-state index in [1.165, 1.54) is 18.9 Å². The first-order valence-electron chi connectivity index (χ1n) is 5.06. The molecule has 1 aromatic carbocycles. The maximum Gasteiger partial charge on any atom is 0.146 e. The number of ether oxygens (including phenoxy) is 1. The Labute approximate surface area is 88.3 Å². The van der Waals surface area contributed by atoms with E-state index in [-0.39, 0.29) is 12.2 Å². The van der Waals surface area contributed by atoms with E-state index in [1.807, 2.05) is 6.07 Å². The average molecular weight is 205 g/mol. The second kappa shape index (κ2) is 4.41. The van der Waals surface area contributed by atoms with Crippen molar-refractivity contribution in [3.05, 3.63) is 35.1 Å². The van der Waals surface area contributed by atoms with Gasteiger partial charge in [0.25, 0.3) is 0 Å². The normalized spacial score (nSPS) is 14.9. The van der Waals surface area contributed by atoms with Gasteiger partial charge in [0.05, 0.1) is 12.2 Å². The maximum absolute atomic E-state index is 13.5. The lowest BCUT2D eigenvalue weighted by Crippen LogP contribution is -2.00. The third-order valence-corrected chi connectivity index (χ3v) is 2.51. The van der Waals surface area contributed by atoms with Crippen molar-refractivity contribution in [2.45, 2.75) is 19.4 Å². The first-order chi connectivity index (χ1) is 7.31. The highest BCUT2D eigenvalue weighted by molar-refractivity contribution is 5.34. The molecule has 0 aliphatic heterocycles. The fourth-order valence-electron chi connectivity index (χ4n) is 1.40. The Morgan fingerprint density at radius 3 is 2.93 bits per heavy atom. The Hall–Kier alpha value is -1.40. The standard InChI is InChI=1S/C12H12FNO/c13-12-10(6-14)2-1-3-11(12)8-15-7-9-4-5-9/h1-3,9H,4-5,7-8H2. The number of rotatable bonds is 4. The van der Waals surface area contributed by atoms with Crippen molar-refractivity contribution >= 4 is 0 Å². The number of nitriles is 1. The van der Waals surface area contributed by atoms with Gasteiger partial charge in [0.15, 0.2) is 0 Å². The smallest absolute Gasteiger partial charge is 0.146 e. The van der Waals surface area contributed by atoms with Gasteiger partial charge in [0.1, 0.15) is 11.9 Å². The van der Waals surface area contributed by atoms with Crippen molar-refractivity contribution in [2.75, 3.05) is 6.61 Å². The molecule has 1 saturated carbocycles. The van der Waals surface area contributed by atoms with Crippen LogP contribution in [-0.2, 0) is 11.3 Å². The molecule has 0 amide bonds. The number of halogens is 1. The van der Waals surface area contributed by atoms with Gasteiger partial charge >= 0.3 is 0 Å². The third kappa shape index (κ3) is 2.54. The van der Waals surface area contributed by atoms with Crippen LogP contribution in [0.1, 0.15) is 24.0 Å². The summed E-state index contributed by atoms with van der Waals surface area (Å²) in [6.45, 7) is 0.966. The molecule has 2 rings (SSSR count). The molecule has 3 heteroatoms. The van der Waals surface area contributed by atoms with E-state index in [1.54, 1.807) is 12.1 Å². The quantitative estimate of drug-likeness (QED) is 0.757. The fraction of sp³-hybridized carbons (Fsp3) is 0.417. The summed E-state index contributed by atoms with van der Waals surface area (Å²) in [5.74, 6) is 0.225. The Balaban J connectivity index is 1.97. The van der Waals surface area contributed by atoms with E-state index in [9.17, 15) is 4.39 Å². The molecule has 0 atom stereocenters. The van der Waals surface area contributed by atoms with Crippen LogP contribution in [-0.4, -0.2) is 6.61 Å². The largest absolute Gasteiger partial charge is 0.376 e. The first kappa shape index (κ1) is 10.1. The topological polar surface area (TPSA) is 33.0 Å². The van der Waals surface area contributed by atoms with Crippen molar-refractivity contribution in [2.24, 2.45) is 5.92 Å². The molecule has 1 fully saturated rings. The minimum Gasteiger partial charge on any atom is -0.376 e. The minimum atomic E-state index is -0.448. The SMILES string of the molecule is N#Cc1cccc(COCC2CC2)c1F. The molecule has 78 valence electrons. The summed E-state index contributed by atoms with van der Waals surface area (Å²) in [6.07, 6.45) is 2.45. The predicted molar refractivity (Wildman–Crippen MR) is 53.5 cm³/mol. The van der Waals surface area contributed by atoms with Gasteiger partial charge in [-0.15, -0.1) is 0 Å². The Bertz CT molecular complexity index is 393. The van der Waals surface area contributed by atoms with E-state index < -0.39 is 5.82 Å². The van der Waals surface area contributed by atoms with Gasteiger partial charge in [-0.2, -0.15) is 5.26 Å². The van der Waals surface area contributed by atoms with E-state index in [2.05, 4.69) is 0 Å². The molecular weight excluding hydrogens is 193 g/mol. The summed E-state index contributed by atoms with van der Waals surface area (Å²) < 4.78 is 18.9. The summed E-state index contributed by atoms with van der Waals surface area (Å²) >= 11 is 0. The highest BCUT2D eigenvalue weighted by Gasteiger charge is 2.21. The molecule has 1 aliphatic carbocycles. The molecule has 1 aromatic rings. The monoisotopic (exact) mass is 205 g/mol. The van der Waals surface area contributed by atoms with Gasteiger partial charge < -0.3 is 4.74 Å². The van der Waals surface area contributed by atoms with Gasteiger partial charge in [-0.3, -0.25) is 0 Å². The fourth-order valence-corrected chi connectivity index (χ4v) is 1.40. The summed E-state index contributed by atoms with van der Waals surface area (Å²) in [5, 5.41) is 8.64. The molecule has 1 aliphatic rings. The van der Waals surface area contributed by atoms with E-state index in [4.69, 9.17) is 10.00 Å². The van der Waals surface area contributed by atoms with Crippen molar-refractivity contribution in [1.29, 1.82) is 5.26 Å². The number of benzene rings is 1. The van der Waals surface area contributed by atoms with E-state index >= 15 is 0 Å². The van der Waals surface area contributed by atoms with Crippen LogP contribution in [0.25, 0.3) is 0 Å². The van der Waals surface area contributed by atoms with Gasteiger partial charge in [-0.1, -0.05) is 12.1 Å². The van der Waals surface area contributed by atoms with Gasteiger partial charge in [0, 0.05) is 12.2 Å². The van der Waals surface area contributed by atoms with Gasteiger partial charge in [-0.25, -0.2) is 4.39 Å². The predicted octanol–water partition coefficient (Wildman–Crippen LogP) is 2.62. The van der Waals surface area contributed by atoms with E-state index in [0.717, 1.165) is 0 Å². The lowest BCUT2D eigenvalue weighted by molar-refractivity contribution is 0.109.